The second kappa shape index (κ2) is 8.87. The number of aromatic hydroxyl groups is 2. The molecule has 0 radical (unpaired) electrons. The summed E-state index contributed by atoms with van der Waals surface area (Å²) in [6.45, 7) is 1.95. The molecule has 4 N–H and O–H groups in total. The molecule has 136 valence electrons. The zero-order chi connectivity index (χ0) is 19.1. The molecule has 0 aliphatic carbocycles. The minimum atomic E-state index is -0.650. The zero-order valence-electron chi connectivity index (χ0n) is 14.0. The van der Waals surface area contributed by atoms with Crippen molar-refractivity contribution in [2.75, 3.05) is 0 Å². The van der Waals surface area contributed by atoms with Gasteiger partial charge in [0.25, 0.3) is 5.91 Å². The lowest BCUT2D eigenvalue weighted by Crippen LogP contribution is -2.26. The van der Waals surface area contributed by atoms with E-state index in [1.54, 1.807) is 19.1 Å². The molecule has 0 saturated heterocycles. The Morgan fingerprint density at radius 3 is 2.46 bits per heavy atom. The highest BCUT2D eigenvalue weighted by Gasteiger charge is 2.11. The average Bonchev–Trinajstić information content (AvgIpc) is 2.59. The van der Waals surface area contributed by atoms with Gasteiger partial charge in [0.2, 0.25) is 5.91 Å². The molecule has 26 heavy (non-hydrogen) atoms. The summed E-state index contributed by atoms with van der Waals surface area (Å²) < 4.78 is 0. The van der Waals surface area contributed by atoms with Crippen LogP contribution in [0.2, 0.25) is 5.02 Å². The number of halogens is 1. The van der Waals surface area contributed by atoms with Gasteiger partial charge in [-0.15, -0.1) is 0 Å². The van der Waals surface area contributed by atoms with Crippen LogP contribution in [0.4, 0.5) is 0 Å². The first-order chi connectivity index (χ1) is 12.3. The lowest BCUT2D eigenvalue weighted by molar-refractivity contribution is -0.120. The molecule has 0 aliphatic heterocycles. The van der Waals surface area contributed by atoms with Crippen LogP contribution in [0, 0.1) is 0 Å². The Bertz CT molecular complexity index is 835. The van der Waals surface area contributed by atoms with E-state index in [4.69, 9.17) is 11.6 Å². The van der Waals surface area contributed by atoms with E-state index >= 15 is 0 Å². The summed E-state index contributed by atoms with van der Waals surface area (Å²) in [6, 6.07) is 10.7. The second-order valence-electron chi connectivity index (χ2n) is 5.57. The molecular weight excluding hydrogens is 358 g/mol. The number of nitrogens with zero attached hydrogens (tertiary/aromatic N) is 1. The number of carbonyl (C=O) groups excluding carboxylic acids is 2. The molecule has 8 heteroatoms. The number of phenols is 2. The van der Waals surface area contributed by atoms with Crippen LogP contribution in [0.15, 0.2) is 47.6 Å². The summed E-state index contributed by atoms with van der Waals surface area (Å²) in [5.74, 6) is -1.42. The smallest absolute Gasteiger partial charge is 0.275 e. The van der Waals surface area contributed by atoms with Crippen LogP contribution in [-0.4, -0.2) is 27.7 Å². The quantitative estimate of drug-likeness (QED) is 0.459. The molecule has 0 aliphatic rings. The molecule has 2 aromatic carbocycles. The molecule has 2 aromatic rings. The van der Waals surface area contributed by atoms with E-state index in [1.165, 1.54) is 12.1 Å². The summed E-state index contributed by atoms with van der Waals surface area (Å²) in [5.41, 5.74) is 3.53. The van der Waals surface area contributed by atoms with Gasteiger partial charge in [-0.3, -0.25) is 9.59 Å². The van der Waals surface area contributed by atoms with Crippen LogP contribution in [-0.2, 0) is 11.3 Å². The molecular formula is C18H18ClN3O4. The second-order valence-corrected chi connectivity index (χ2v) is 6.01. The summed E-state index contributed by atoms with van der Waals surface area (Å²) in [7, 11) is 0. The fourth-order valence-corrected chi connectivity index (χ4v) is 2.18. The van der Waals surface area contributed by atoms with Gasteiger partial charge in [-0.1, -0.05) is 23.7 Å². The van der Waals surface area contributed by atoms with E-state index in [0.717, 1.165) is 11.6 Å². The SMILES string of the molecule is CC(CC(=O)NCc1ccc(Cl)cc1)=NNC(=O)c1ccc(O)cc1O. The molecule has 2 rings (SSSR count). The van der Waals surface area contributed by atoms with Gasteiger partial charge in [-0.2, -0.15) is 5.10 Å². The van der Waals surface area contributed by atoms with Crippen LogP contribution in [0.3, 0.4) is 0 Å². The van der Waals surface area contributed by atoms with Crippen molar-refractivity contribution < 1.29 is 19.8 Å². The Hall–Kier alpha value is -3.06. The fraction of sp³-hybridized carbons (Fsp3) is 0.167. The third-order valence-corrected chi connectivity index (χ3v) is 3.65. The molecule has 0 unspecified atom stereocenters. The van der Waals surface area contributed by atoms with Gasteiger partial charge in [0, 0.05) is 23.3 Å². The van der Waals surface area contributed by atoms with Crippen molar-refractivity contribution in [2.45, 2.75) is 19.9 Å². The predicted octanol–water partition coefficient (Wildman–Crippen LogP) is 2.56. The Morgan fingerprint density at radius 1 is 1.12 bits per heavy atom. The van der Waals surface area contributed by atoms with Gasteiger partial charge in [-0.05, 0) is 36.8 Å². The monoisotopic (exact) mass is 375 g/mol. The number of amides is 2. The van der Waals surface area contributed by atoms with E-state index in [9.17, 15) is 19.8 Å². The van der Waals surface area contributed by atoms with Gasteiger partial charge < -0.3 is 15.5 Å². The fourth-order valence-electron chi connectivity index (χ4n) is 2.06. The average molecular weight is 376 g/mol. The van der Waals surface area contributed by atoms with E-state index in [2.05, 4.69) is 15.8 Å². The normalized spacial score (nSPS) is 11.1. The van der Waals surface area contributed by atoms with Crippen molar-refractivity contribution in [3.63, 3.8) is 0 Å². The Kier molecular flexibility index (Phi) is 6.57. The molecule has 0 saturated carbocycles. The van der Waals surface area contributed by atoms with Gasteiger partial charge in [-0.25, -0.2) is 5.43 Å². The zero-order valence-corrected chi connectivity index (χ0v) is 14.7. The number of rotatable bonds is 6. The minimum absolute atomic E-state index is 0.00935. The molecule has 0 aromatic heterocycles. The number of phenolic OH excluding ortho intramolecular Hbond substituents is 2. The number of nitrogens with one attached hydrogen (secondary N) is 2. The third kappa shape index (κ3) is 5.78. The van der Waals surface area contributed by atoms with Gasteiger partial charge in [0.05, 0.1) is 12.0 Å². The molecule has 7 nitrogen and oxygen atoms in total. The van der Waals surface area contributed by atoms with Gasteiger partial charge >= 0.3 is 0 Å². The van der Waals surface area contributed by atoms with Crippen molar-refractivity contribution in [3.8, 4) is 11.5 Å². The lowest BCUT2D eigenvalue weighted by atomic mass is 10.2. The van der Waals surface area contributed by atoms with Crippen LogP contribution >= 0.6 is 11.6 Å². The number of benzene rings is 2. The standard InChI is InChI=1S/C18H18ClN3O4/c1-11(8-17(25)20-10-12-2-4-13(19)5-3-12)21-22-18(26)15-7-6-14(23)9-16(15)24/h2-7,9,23-24H,8,10H2,1H3,(H,20,25)(H,22,26). The number of hydrogen-bond donors (Lipinski definition) is 4. The van der Waals surface area contributed by atoms with Crippen molar-refractivity contribution in [1.82, 2.24) is 10.7 Å². The van der Waals surface area contributed by atoms with Crippen molar-refractivity contribution >= 4 is 29.1 Å². The van der Waals surface area contributed by atoms with Crippen LogP contribution in [0.1, 0.15) is 29.3 Å². The van der Waals surface area contributed by atoms with Crippen LogP contribution < -0.4 is 10.7 Å². The maximum absolute atomic E-state index is 11.9. The number of carbonyl (C=O) groups is 2. The highest BCUT2D eigenvalue weighted by Crippen LogP contribution is 2.22. The van der Waals surface area contributed by atoms with E-state index in [-0.39, 0.29) is 29.4 Å². The maximum Gasteiger partial charge on any atom is 0.275 e. The third-order valence-electron chi connectivity index (χ3n) is 3.39. The van der Waals surface area contributed by atoms with Crippen LogP contribution in [0.25, 0.3) is 0 Å². The Morgan fingerprint density at radius 2 is 1.81 bits per heavy atom. The first-order valence-corrected chi connectivity index (χ1v) is 8.09. The summed E-state index contributed by atoms with van der Waals surface area (Å²) in [5, 5.41) is 26.0. The number of hydrazone groups is 1. The largest absolute Gasteiger partial charge is 0.508 e. The topological polar surface area (TPSA) is 111 Å². The number of hydrogen-bond acceptors (Lipinski definition) is 5. The Balaban J connectivity index is 1.84. The molecule has 0 atom stereocenters. The highest BCUT2D eigenvalue weighted by atomic mass is 35.5. The molecule has 0 spiro atoms. The van der Waals surface area contributed by atoms with E-state index < -0.39 is 5.91 Å². The van der Waals surface area contributed by atoms with Crippen molar-refractivity contribution in [1.29, 1.82) is 0 Å². The van der Waals surface area contributed by atoms with E-state index in [0.29, 0.717) is 17.3 Å². The summed E-state index contributed by atoms with van der Waals surface area (Å²) in [4.78, 5) is 23.8. The molecule has 2 amide bonds. The Labute approximate surface area is 155 Å². The lowest BCUT2D eigenvalue weighted by Gasteiger charge is -2.07. The summed E-state index contributed by atoms with van der Waals surface area (Å²) >= 11 is 5.80. The van der Waals surface area contributed by atoms with Crippen molar-refractivity contribution in [2.24, 2.45) is 5.10 Å². The highest BCUT2D eigenvalue weighted by molar-refractivity contribution is 6.30. The first kappa shape index (κ1) is 19.3. The predicted molar refractivity (Wildman–Crippen MR) is 98.3 cm³/mol. The summed E-state index contributed by atoms with van der Waals surface area (Å²) in [6.07, 6.45) is 0.00935. The molecule has 0 fully saturated rings. The maximum atomic E-state index is 11.9. The first-order valence-electron chi connectivity index (χ1n) is 7.72. The van der Waals surface area contributed by atoms with Crippen LogP contribution in [0.5, 0.6) is 11.5 Å². The van der Waals surface area contributed by atoms with Gasteiger partial charge in [0.1, 0.15) is 11.5 Å². The molecule has 0 bridgehead atoms. The molecule has 0 heterocycles. The van der Waals surface area contributed by atoms with E-state index in [1.807, 2.05) is 12.1 Å². The minimum Gasteiger partial charge on any atom is -0.508 e. The van der Waals surface area contributed by atoms with Gasteiger partial charge in [0.15, 0.2) is 0 Å². The van der Waals surface area contributed by atoms with Crippen molar-refractivity contribution in [3.05, 3.63) is 58.6 Å².